The van der Waals surface area contributed by atoms with Crippen LogP contribution in [0.3, 0.4) is 0 Å². The third-order valence-corrected chi connectivity index (χ3v) is 4.45. The van der Waals surface area contributed by atoms with Gasteiger partial charge in [0.1, 0.15) is 5.60 Å². The van der Waals surface area contributed by atoms with Crippen LogP contribution in [0.15, 0.2) is 28.7 Å². The zero-order valence-corrected chi connectivity index (χ0v) is 16.1. The Kier molecular flexibility index (Phi) is 6.27. The fourth-order valence-electron chi connectivity index (χ4n) is 2.59. The number of ether oxygens (including phenoxy) is 1. The summed E-state index contributed by atoms with van der Waals surface area (Å²) in [5.41, 5.74) is 0.191. The van der Waals surface area contributed by atoms with Crippen LogP contribution in [-0.2, 0) is 4.74 Å². The van der Waals surface area contributed by atoms with E-state index in [1.807, 2.05) is 32.9 Å². The molecule has 1 aromatic rings. The number of halogens is 1. The second-order valence-corrected chi connectivity index (χ2v) is 8.04. The zero-order chi connectivity index (χ0) is 17.7. The van der Waals surface area contributed by atoms with Gasteiger partial charge in [-0.05, 0) is 63.8 Å². The maximum absolute atomic E-state index is 12.1. The monoisotopic (exact) mass is 396 g/mol. The van der Waals surface area contributed by atoms with E-state index in [4.69, 9.17) is 4.74 Å². The molecule has 1 N–H and O–H groups in total. The van der Waals surface area contributed by atoms with Crippen LogP contribution in [0.1, 0.15) is 44.0 Å². The van der Waals surface area contributed by atoms with Gasteiger partial charge in [-0.15, -0.1) is 0 Å². The molecule has 0 atom stereocenters. The van der Waals surface area contributed by atoms with Crippen LogP contribution in [0.2, 0.25) is 0 Å². The molecule has 0 unspecified atom stereocenters. The average Bonchev–Trinajstić information content (AvgIpc) is 2.52. The molecule has 0 saturated carbocycles. The van der Waals surface area contributed by atoms with E-state index in [0.717, 1.165) is 17.3 Å². The average molecular weight is 397 g/mol. The van der Waals surface area contributed by atoms with Crippen molar-refractivity contribution in [1.29, 1.82) is 0 Å². The molecular formula is C18H25BrN2O3. The minimum Gasteiger partial charge on any atom is -0.444 e. The van der Waals surface area contributed by atoms with Crippen molar-refractivity contribution in [1.82, 2.24) is 10.2 Å². The van der Waals surface area contributed by atoms with Crippen molar-refractivity contribution in [3.8, 4) is 0 Å². The minimum absolute atomic E-state index is 0.0583. The molecule has 2 rings (SSSR count). The number of amides is 2. The molecule has 1 aliphatic heterocycles. The lowest BCUT2D eigenvalue weighted by molar-refractivity contribution is 0.0183. The number of hydrogen-bond donors (Lipinski definition) is 1. The molecule has 0 aromatic heterocycles. The molecule has 1 heterocycles. The van der Waals surface area contributed by atoms with Crippen molar-refractivity contribution in [3.05, 3.63) is 34.3 Å². The van der Waals surface area contributed by atoms with E-state index in [9.17, 15) is 9.59 Å². The van der Waals surface area contributed by atoms with E-state index in [-0.39, 0.29) is 12.0 Å². The highest BCUT2D eigenvalue weighted by molar-refractivity contribution is 9.10. The quantitative estimate of drug-likeness (QED) is 0.844. The number of carbonyl (C=O) groups is 2. The third-order valence-electron chi connectivity index (χ3n) is 3.92. The van der Waals surface area contributed by atoms with Crippen LogP contribution >= 0.6 is 15.9 Å². The maximum atomic E-state index is 12.1. The van der Waals surface area contributed by atoms with Gasteiger partial charge in [-0.25, -0.2) is 4.79 Å². The molecule has 0 radical (unpaired) electrons. The zero-order valence-electron chi connectivity index (χ0n) is 14.5. The summed E-state index contributed by atoms with van der Waals surface area (Å²) in [6, 6.07) is 7.30. The van der Waals surface area contributed by atoms with Crippen molar-refractivity contribution in [2.24, 2.45) is 5.92 Å². The van der Waals surface area contributed by atoms with E-state index in [0.29, 0.717) is 31.1 Å². The van der Waals surface area contributed by atoms with Crippen LogP contribution in [0.25, 0.3) is 0 Å². The van der Waals surface area contributed by atoms with Gasteiger partial charge in [-0.1, -0.05) is 15.9 Å². The van der Waals surface area contributed by atoms with Gasteiger partial charge < -0.3 is 15.0 Å². The molecule has 1 saturated heterocycles. The topological polar surface area (TPSA) is 58.6 Å². The smallest absolute Gasteiger partial charge is 0.410 e. The first kappa shape index (κ1) is 18.8. The molecule has 0 spiro atoms. The lowest BCUT2D eigenvalue weighted by Gasteiger charge is -2.33. The molecule has 24 heavy (non-hydrogen) atoms. The predicted octanol–water partition coefficient (Wildman–Crippen LogP) is 3.83. The van der Waals surface area contributed by atoms with Crippen molar-refractivity contribution in [2.75, 3.05) is 19.6 Å². The van der Waals surface area contributed by atoms with Crippen molar-refractivity contribution >= 4 is 27.9 Å². The number of piperidine rings is 1. The molecule has 1 aliphatic rings. The Balaban J connectivity index is 1.74. The summed E-state index contributed by atoms with van der Waals surface area (Å²) in [5, 5.41) is 2.98. The fourth-order valence-corrected chi connectivity index (χ4v) is 2.85. The molecule has 0 bridgehead atoms. The molecule has 0 aliphatic carbocycles. The van der Waals surface area contributed by atoms with Crippen LogP contribution < -0.4 is 5.32 Å². The second-order valence-electron chi connectivity index (χ2n) is 7.13. The second kappa shape index (κ2) is 8.01. The summed E-state index contributed by atoms with van der Waals surface area (Å²) >= 11 is 3.36. The fraction of sp³-hybridized carbons (Fsp3) is 0.556. The lowest BCUT2D eigenvalue weighted by atomic mass is 9.97. The predicted molar refractivity (Wildman–Crippen MR) is 97.0 cm³/mol. The maximum Gasteiger partial charge on any atom is 0.410 e. The van der Waals surface area contributed by atoms with Gasteiger partial charge in [-0.2, -0.15) is 0 Å². The van der Waals surface area contributed by atoms with Crippen LogP contribution in [-0.4, -0.2) is 42.1 Å². The Morgan fingerprint density at radius 2 is 1.79 bits per heavy atom. The first-order valence-electron chi connectivity index (χ1n) is 8.26. The van der Waals surface area contributed by atoms with Gasteiger partial charge in [0, 0.05) is 29.7 Å². The highest BCUT2D eigenvalue weighted by atomic mass is 79.9. The number of likely N-dealkylation sites (tertiary alicyclic amines) is 1. The number of nitrogens with one attached hydrogen (secondary N) is 1. The van der Waals surface area contributed by atoms with Crippen LogP contribution in [0, 0.1) is 5.92 Å². The van der Waals surface area contributed by atoms with Gasteiger partial charge in [0.05, 0.1) is 0 Å². The first-order chi connectivity index (χ1) is 11.2. The summed E-state index contributed by atoms with van der Waals surface area (Å²) < 4.78 is 6.34. The third kappa shape index (κ3) is 5.82. The molecule has 2 amide bonds. The van der Waals surface area contributed by atoms with Gasteiger partial charge >= 0.3 is 6.09 Å². The molecular weight excluding hydrogens is 372 g/mol. The van der Waals surface area contributed by atoms with E-state index in [1.165, 1.54) is 0 Å². The Bertz CT molecular complexity index is 573. The van der Waals surface area contributed by atoms with Gasteiger partial charge in [0.15, 0.2) is 0 Å². The summed E-state index contributed by atoms with van der Waals surface area (Å²) in [5.74, 6) is 0.333. The van der Waals surface area contributed by atoms with E-state index < -0.39 is 5.60 Å². The summed E-state index contributed by atoms with van der Waals surface area (Å²) in [4.78, 5) is 25.9. The van der Waals surface area contributed by atoms with E-state index >= 15 is 0 Å². The van der Waals surface area contributed by atoms with E-state index in [1.54, 1.807) is 17.0 Å². The Hall–Kier alpha value is -1.56. The molecule has 6 heteroatoms. The van der Waals surface area contributed by atoms with Crippen LogP contribution in [0.5, 0.6) is 0 Å². The first-order valence-corrected chi connectivity index (χ1v) is 9.05. The minimum atomic E-state index is -0.466. The molecule has 5 nitrogen and oxygen atoms in total. The summed E-state index contributed by atoms with van der Waals surface area (Å²) in [6.45, 7) is 7.60. The lowest BCUT2D eigenvalue weighted by Crippen LogP contribution is -2.43. The summed E-state index contributed by atoms with van der Waals surface area (Å²) in [7, 11) is 0. The molecule has 132 valence electrons. The number of carbonyl (C=O) groups excluding carboxylic acids is 2. The Morgan fingerprint density at radius 1 is 1.21 bits per heavy atom. The van der Waals surface area contributed by atoms with Crippen molar-refractivity contribution in [3.63, 3.8) is 0 Å². The highest BCUT2D eigenvalue weighted by Gasteiger charge is 2.26. The van der Waals surface area contributed by atoms with E-state index in [2.05, 4.69) is 21.2 Å². The number of rotatable bonds is 3. The number of benzene rings is 1. The van der Waals surface area contributed by atoms with Gasteiger partial charge in [0.2, 0.25) is 0 Å². The number of hydrogen-bond acceptors (Lipinski definition) is 3. The number of nitrogens with zero attached hydrogens (tertiary/aromatic N) is 1. The Morgan fingerprint density at radius 3 is 2.33 bits per heavy atom. The highest BCUT2D eigenvalue weighted by Crippen LogP contribution is 2.19. The summed E-state index contributed by atoms with van der Waals surface area (Å²) in [6.07, 6.45) is 1.50. The van der Waals surface area contributed by atoms with Crippen molar-refractivity contribution in [2.45, 2.75) is 39.2 Å². The standard InChI is InChI=1S/C18H25BrN2O3/c1-18(2,3)24-17(23)21-10-8-13(9-11-21)12-20-16(22)14-4-6-15(19)7-5-14/h4-7,13H,8-12H2,1-3H3,(H,20,22). The largest absolute Gasteiger partial charge is 0.444 e. The SMILES string of the molecule is CC(C)(C)OC(=O)N1CCC(CNC(=O)c2ccc(Br)cc2)CC1. The normalized spacial score (nSPS) is 15.9. The molecule has 1 aromatic carbocycles. The molecule has 1 fully saturated rings. The van der Waals surface area contributed by atoms with Gasteiger partial charge in [-0.3, -0.25) is 4.79 Å². The Labute approximate surface area is 151 Å². The van der Waals surface area contributed by atoms with Crippen molar-refractivity contribution < 1.29 is 14.3 Å². The van der Waals surface area contributed by atoms with Gasteiger partial charge in [0.25, 0.3) is 5.91 Å². The van der Waals surface area contributed by atoms with Crippen LogP contribution in [0.4, 0.5) is 4.79 Å².